The van der Waals surface area contributed by atoms with Crippen LogP contribution in [0.3, 0.4) is 0 Å². The molecule has 0 saturated heterocycles. The van der Waals surface area contributed by atoms with Crippen LogP contribution in [0.5, 0.6) is 0 Å². The first-order chi connectivity index (χ1) is 7.99. The number of nitrogen functional groups attached to an aromatic ring is 1. The summed E-state index contributed by atoms with van der Waals surface area (Å²) in [5.41, 5.74) is 10.3. The van der Waals surface area contributed by atoms with Gasteiger partial charge in [-0.2, -0.15) is 5.10 Å². The number of aromatic nitrogens is 2. The van der Waals surface area contributed by atoms with E-state index in [0.717, 1.165) is 28.2 Å². The number of aryl methyl sites for hydroxylation is 3. The third-order valence-corrected chi connectivity index (χ3v) is 2.75. The number of hydrogen-bond acceptors (Lipinski definition) is 2. The molecule has 0 radical (unpaired) electrons. The lowest BCUT2D eigenvalue weighted by atomic mass is 10.1. The molecule has 0 unspecified atom stereocenters. The van der Waals surface area contributed by atoms with Crippen LogP contribution in [0.2, 0.25) is 0 Å². The Morgan fingerprint density at radius 1 is 1.24 bits per heavy atom. The Hall–Kier alpha value is -2.10. The van der Waals surface area contributed by atoms with Gasteiger partial charge in [0.15, 0.2) is 0 Å². The highest BCUT2D eigenvalue weighted by Gasteiger charge is 2.07. The van der Waals surface area contributed by atoms with Gasteiger partial charge in [-0.15, -0.1) is 0 Å². The van der Waals surface area contributed by atoms with Gasteiger partial charge in [0.1, 0.15) is 5.84 Å². The van der Waals surface area contributed by atoms with Crippen molar-refractivity contribution in [3.63, 3.8) is 0 Å². The molecule has 0 bridgehead atoms. The van der Waals surface area contributed by atoms with Crippen LogP contribution in [0, 0.1) is 26.2 Å². The van der Waals surface area contributed by atoms with Crippen LogP contribution in [-0.4, -0.2) is 15.6 Å². The summed E-state index contributed by atoms with van der Waals surface area (Å²) in [5, 5.41) is 11.9. The SMILES string of the molecule is Cc1cc(C)n(-c2ccc(C(=N)N)c(C)c2)n1. The number of amidine groups is 1. The largest absolute Gasteiger partial charge is 0.384 e. The fourth-order valence-corrected chi connectivity index (χ4v) is 1.97. The molecular formula is C13H16N4. The summed E-state index contributed by atoms with van der Waals surface area (Å²) >= 11 is 0. The van der Waals surface area contributed by atoms with Crippen molar-refractivity contribution in [1.82, 2.24) is 9.78 Å². The lowest BCUT2D eigenvalue weighted by molar-refractivity contribution is 0.832. The molecule has 0 fully saturated rings. The number of rotatable bonds is 2. The smallest absolute Gasteiger partial charge is 0.123 e. The molecular weight excluding hydrogens is 212 g/mol. The minimum atomic E-state index is 0.0995. The minimum absolute atomic E-state index is 0.0995. The zero-order valence-corrected chi connectivity index (χ0v) is 10.3. The predicted molar refractivity (Wildman–Crippen MR) is 68.8 cm³/mol. The maximum Gasteiger partial charge on any atom is 0.123 e. The van der Waals surface area contributed by atoms with Crippen LogP contribution in [-0.2, 0) is 0 Å². The van der Waals surface area contributed by atoms with E-state index in [1.807, 2.05) is 49.7 Å². The van der Waals surface area contributed by atoms with E-state index < -0.39 is 0 Å². The Kier molecular flexibility index (Phi) is 2.71. The Morgan fingerprint density at radius 2 is 1.94 bits per heavy atom. The fourth-order valence-electron chi connectivity index (χ4n) is 1.97. The van der Waals surface area contributed by atoms with Gasteiger partial charge in [-0.05, 0) is 50.6 Å². The van der Waals surface area contributed by atoms with E-state index in [1.54, 1.807) is 0 Å². The average Bonchev–Trinajstić information content (AvgIpc) is 2.57. The Balaban J connectivity index is 2.51. The van der Waals surface area contributed by atoms with Gasteiger partial charge in [-0.25, -0.2) is 4.68 Å². The molecule has 0 saturated carbocycles. The topological polar surface area (TPSA) is 67.7 Å². The Labute approximate surface area is 101 Å². The highest BCUT2D eigenvalue weighted by Crippen LogP contribution is 2.16. The minimum Gasteiger partial charge on any atom is -0.384 e. The van der Waals surface area contributed by atoms with Gasteiger partial charge in [0.2, 0.25) is 0 Å². The van der Waals surface area contributed by atoms with E-state index in [9.17, 15) is 0 Å². The van der Waals surface area contributed by atoms with Gasteiger partial charge in [0.05, 0.1) is 11.4 Å². The molecule has 0 spiro atoms. The molecule has 4 nitrogen and oxygen atoms in total. The predicted octanol–water partition coefficient (Wildman–Crippen LogP) is 2.08. The van der Waals surface area contributed by atoms with Crippen LogP contribution in [0.15, 0.2) is 24.3 Å². The highest BCUT2D eigenvalue weighted by atomic mass is 15.3. The highest BCUT2D eigenvalue weighted by molar-refractivity contribution is 5.96. The zero-order chi connectivity index (χ0) is 12.6. The van der Waals surface area contributed by atoms with Crippen molar-refractivity contribution in [3.8, 4) is 5.69 Å². The molecule has 0 aliphatic carbocycles. The first kappa shape index (κ1) is 11.4. The maximum atomic E-state index is 7.45. The van der Waals surface area contributed by atoms with Crippen molar-refractivity contribution in [2.45, 2.75) is 20.8 Å². The van der Waals surface area contributed by atoms with Gasteiger partial charge in [-0.1, -0.05) is 0 Å². The number of benzene rings is 1. The molecule has 0 aliphatic heterocycles. The normalized spacial score (nSPS) is 10.5. The summed E-state index contributed by atoms with van der Waals surface area (Å²) in [4.78, 5) is 0. The van der Waals surface area contributed by atoms with E-state index >= 15 is 0 Å². The van der Waals surface area contributed by atoms with E-state index in [2.05, 4.69) is 5.10 Å². The summed E-state index contributed by atoms with van der Waals surface area (Å²) in [5.74, 6) is 0.0995. The molecule has 0 atom stereocenters. The molecule has 2 rings (SSSR count). The first-order valence-electron chi connectivity index (χ1n) is 5.47. The molecule has 17 heavy (non-hydrogen) atoms. The van der Waals surface area contributed by atoms with Gasteiger partial charge in [0, 0.05) is 11.3 Å². The third-order valence-electron chi connectivity index (χ3n) is 2.75. The third kappa shape index (κ3) is 2.06. The zero-order valence-electron chi connectivity index (χ0n) is 10.3. The van der Waals surface area contributed by atoms with Crippen molar-refractivity contribution < 1.29 is 0 Å². The second-order valence-electron chi connectivity index (χ2n) is 4.25. The molecule has 3 N–H and O–H groups in total. The monoisotopic (exact) mass is 228 g/mol. The molecule has 1 heterocycles. The number of nitrogens with two attached hydrogens (primary N) is 1. The van der Waals surface area contributed by atoms with Gasteiger partial charge in [-0.3, -0.25) is 5.41 Å². The summed E-state index contributed by atoms with van der Waals surface area (Å²) in [6, 6.07) is 7.83. The van der Waals surface area contributed by atoms with Gasteiger partial charge >= 0.3 is 0 Å². The number of nitrogens with one attached hydrogen (secondary N) is 1. The van der Waals surface area contributed by atoms with Crippen LogP contribution in [0.4, 0.5) is 0 Å². The summed E-state index contributed by atoms with van der Waals surface area (Å²) in [6.07, 6.45) is 0. The van der Waals surface area contributed by atoms with Crippen molar-refractivity contribution in [1.29, 1.82) is 5.41 Å². The standard InChI is InChI=1S/C13H16N4/c1-8-6-11(4-5-12(8)13(14)15)17-10(3)7-9(2)16-17/h4-7H,1-3H3,(H3,14,15). The quantitative estimate of drug-likeness (QED) is 0.610. The lowest BCUT2D eigenvalue weighted by Gasteiger charge is -2.08. The van der Waals surface area contributed by atoms with Crippen molar-refractivity contribution in [3.05, 3.63) is 46.8 Å². The Bertz CT molecular complexity index is 581. The van der Waals surface area contributed by atoms with Crippen LogP contribution >= 0.6 is 0 Å². The molecule has 1 aromatic carbocycles. The molecule has 0 amide bonds. The van der Waals surface area contributed by atoms with Crippen molar-refractivity contribution in [2.24, 2.45) is 5.73 Å². The molecule has 88 valence electrons. The van der Waals surface area contributed by atoms with E-state index in [1.165, 1.54) is 0 Å². The summed E-state index contributed by atoms with van der Waals surface area (Å²) in [6.45, 7) is 5.94. The second kappa shape index (κ2) is 4.05. The number of nitrogens with zero attached hydrogens (tertiary/aromatic N) is 2. The first-order valence-corrected chi connectivity index (χ1v) is 5.47. The molecule has 1 aromatic heterocycles. The van der Waals surface area contributed by atoms with Gasteiger partial charge < -0.3 is 5.73 Å². The van der Waals surface area contributed by atoms with Crippen molar-refractivity contribution >= 4 is 5.84 Å². The van der Waals surface area contributed by atoms with Crippen LogP contribution in [0.1, 0.15) is 22.5 Å². The summed E-state index contributed by atoms with van der Waals surface area (Å²) < 4.78 is 1.90. The van der Waals surface area contributed by atoms with E-state index in [4.69, 9.17) is 11.1 Å². The van der Waals surface area contributed by atoms with E-state index in [-0.39, 0.29) is 5.84 Å². The average molecular weight is 228 g/mol. The lowest BCUT2D eigenvalue weighted by Crippen LogP contribution is -2.13. The maximum absolute atomic E-state index is 7.45. The molecule has 0 aliphatic rings. The Morgan fingerprint density at radius 3 is 2.41 bits per heavy atom. The number of hydrogen-bond donors (Lipinski definition) is 2. The van der Waals surface area contributed by atoms with Crippen LogP contribution in [0.25, 0.3) is 5.69 Å². The molecule has 4 heteroatoms. The summed E-state index contributed by atoms with van der Waals surface area (Å²) in [7, 11) is 0. The fraction of sp³-hybridized carbons (Fsp3) is 0.231. The molecule has 2 aromatic rings. The second-order valence-corrected chi connectivity index (χ2v) is 4.25. The van der Waals surface area contributed by atoms with Crippen molar-refractivity contribution in [2.75, 3.05) is 0 Å². The van der Waals surface area contributed by atoms with Gasteiger partial charge in [0.25, 0.3) is 0 Å². The van der Waals surface area contributed by atoms with E-state index in [0.29, 0.717) is 0 Å². The van der Waals surface area contributed by atoms with Crippen LogP contribution < -0.4 is 5.73 Å².